The highest BCUT2D eigenvalue weighted by Gasteiger charge is 2.11. The van der Waals surface area contributed by atoms with Gasteiger partial charge in [-0.05, 0) is 24.3 Å². The molecule has 3 N–H and O–H groups in total. The lowest BCUT2D eigenvalue weighted by molar-refractivity contribution is -0.140. The Morgan fingerprint density at radius 1 is 1.26 bits per heavy atom. The van der Waals surface area contributed by atoms with Crippen molar-refractivity contribution in [2.24, 2.45) is 5.92 Å². The van der Waals surface area contributed by atoms with Crippen molar-refractivity contribution in [1.82, 2.24) is 5.32 Å². The standard InChI is InChI=1S/C13H19N3O3/c1-9(12(17)18)8-14-13(19)15-10-4-6-11(7-5-10)16(2)3/h4-7,9H,8H2,1-3H3,(H,17,18)(H2,14,15,19). The molecule has 0 saturated heterocycles. The van der Waals surface area contributed by atoms with E-state index in [-0.39, 0.29) is 6.54 Å². The first-order valence-electron chi connectivity index (χ1n) is 5.95. The predicted octanol–water partition coefficient (Wildman–Crippen LogP) is 1.59. The fourth-order valence-corrected chi connectivity index (χ4v) is 1.35. The first-order valence-corrected chi connectivity index (χ1v) is 5.95. The molecular weight excluding hydrogens is 246 g/mol. The second-order valence-electron chi connectivity index (χ2n) is 4.52. The summed E-state index contributed by atoms with van der Waals surface area (Å²) in [5.41, 5.74) is 1.69. The molecule has 0 radical (unpaired) electrons. The molecule has 0 saturated carbocycles. The topological polar surface area (TPSA) is 81.7 Å². The number of carbonyl (C=O) groups is 2. The minimum absolute atomic E-state index is 0.0942. The molecule has 0 spiro atoms. The van der Waals surface area contributed by atoms with Crippen LogP contribution in [0.3, 0.4) is 0 Å². The average Bonchev–Trinajstić information content (AvgIpc) is 2.36. The molecule has 0 aliphatic rings. The Labute approximate surface area is 112 Å². The highest BCUT2D eigenvalue weighted by Crippen LogP contribution is 2.15. The third kappa shape index (κ3) is 4.87. The number of aliphatic carboxylic acids is 1. The van der Waals surface area contributed by atoms with E-state index in [1.54, 1.807) is 12.1 Å². The van der Waals surface area contributed by atoms with Crippen LogP contribution >= 0.6 is 0 Å². The molecule has 0 fully saturated rings. The molecule has 1 unspecified atom stereocenters. The number of rotatable bonds is 5. The second kappa shape index (κ2) is 6.63. The fraction of sp³-hybridized carbons (Fsp3) is 0.385. The molecular formula is C13H19N3O3. The average molecular weight is 265 g/mol. The molecule has 1 rings (SSSR count). The van der Waals surface area contributed by atoms with Gasteiger partial charge < -0.3 is 20.6 Å². The molecule has 0 bridgehead atoms. The summed E-state index contributed by atoms with van der Waals surface area (Å²) in [7, 11) is 3.87. The Balaban J connectivity index is 2.46. The number of amides is 2. The highest BCUT2D eigenvalue weighted by atomic mass is 16.4. The summed E-state index contributed by atoms with van der Waals surface area (Å²) >= 11 is 0. The van der Waals surface area contributed by atoms with Crippen molar-refractivity contribution in [3.05, 3.63) is 24.3 Å². The minimum Gasteiger partial charge on any atom is -0.481 e. The van der Waals surface area contributed by atoms with Gasteiger partial charge in [-0.1, -0.05) is 6.92 Å². The number of nitrogens with one attached hydrogen (secondary N) is 2. The molecule has 1 atom stereocenters. The molecule has 0 heterocycles. The van der Waals surface area contributed by atoms with Crippen LogP contribution in [0.1, 0.15) is 6.92 Å². The molecule has 6 heteroatoms. The van der Waals surface area contributed by atoms with Gasteiger partial charge in [0.15, 0.2) is 0 Å². The molecule has 0 aliphatic carbocycles. The summed E-state index contributed by atoms with van der Waals surface area (Å²) in [5, 5.41) is 13.8. The van der Waals surface area contributed by atoms with Gasteiger partial charge in [-0.2, -0.15) is 0 Å². The first-order chi connectivity index (χ1) is 8.90. The predicted molar refractivity (Wildman–Crippen MR) is 74.6 cm³/mol. The van der Waals surface area contributed by atoms with Gasteiger partial charge in [0.2, 0.25) is 0 Å². The summed E-state index contributed by atoms with van der Waals surface area (Å²) in [6, 6.07) is 6.93. The number of hydrogen-bond donors (Lipinski definition) is 3. The zero-order valence-electron chi connectivity index (χ0n) is 11.3. The number of urea groups is 1. The van der Waals surface area contributed by atoms with Crippen molar-refractivity contribution in [3.8, 4) is 0 Å². The van der Waals surface area contributed by atoms with E-state index in [4.69, 9.17) is 5.11 Å². The summed E-state index contributed by atoms with van der Waals surface area (Å²) < 4.78 is 0. The van der Waals surface area contributed by atoms with Gasteiger partial charge in [-0.25, -0.2) is 4.79 Å². The Kier molecular flexibility index (Phi) is 5.17. The van der Waals surface area contributed by atoms with Gasteiger partial charge in [0.25, 0.3) is 0 Å². The Morgan fingerprint density at radius 2 is 1.84 bits per heavy atom. The van der Waals surface area contributed by atoms with Crippen LogP contribution in [0.2, 0.25) is 0 Å². The normalized spacial score (nSPS) is 11.5. The van der Waals surface area contributed by atoms with Gasteiger partial charge >= 0.3 is 12.0 Å². The molecule has 0 aromatic heterocycles. The Hall–Kier alpha value is -2.24. The van der Waals surface area contributed by atoms with E-state index in [1.807, 2.05) is 31.1 Å². The monoisotopic (exact) mass is 265 g/mol. The summed E-state index contributed by atoms with van der Waals surface area (Å²) in [6.45, 7) is 1.63. The third-order valence-corrected chi connectivity index (χ3v) is 2.63. The number of carboxylic acid groups (broad SMARTS) is 1. The summed E-state index contributed by atoms with van der Waals surface area (Å²) in [6.07, 6.45) is 0. The van der Waals surface area contributed by atoms with Crippen molar-refractivity contribution in [3.63, 3.8) is 0 Å². The molecule has 1 aromatic carbocycles. The quantitative estimate of drug-likeness (QED) is 0.755. The smallest absolute Gasteiger partial charge is 0.319 e. The zero-order chi connectivity index (χ0) is 14.4. The van der Waals surface area contributed by atoms with E-state index < -0.39 is 17.9 Å². The number of benzene rings is 1. The summed E-state index contributed by atoms with van der Waals surface area (Å²) in [4.78, 5) is 24.1. The minimum atomic E-state index is -0.935. The van der Waals surface area contributed by atoms with Crippen LogP contribution in [0.4, 0.5) is 16.2 Å². The van der Waals surface area contributed by atoms with Crippen molar-refractivity contribution in [2.45, 2.75) is 6.92 Å². The molecule has 19 heavy (non-hydrogen) atoms. The molecule has 0 aliphatic heterocycles. The lowest BCUT2D eigenvalue weighted by Crippen LogP contribution is -2.34. The van der Waals surface area contributed by atoms with Crippen LogP contribution in [0.15, 0.2) is 24.3 Å². The number of carboxylic acids is 1. The van der Waals surface area contributed by atoms with Gasteiger partial charge in [0, 0.05) is 32.0 Å². The van der Waals surface area contributed by atoms with E-state index in [0.717, 1.165) is 5.69 Å². The van der Waals surface area contributed by atoms with Gasteiger partial charge in [-0.15, -0.1) is 0 Å². The number of anilines is 2. The highest BCUT2D eigenvalue weighted by molar-refractivity contribution is 5.89. The van der Waals surface area contributed by atoms with E-state index in [1.165, 1.54) is 6.92 Å². The number of nitrogens with zero attached hydrogens (tertiary/aromatic N) is 1. The van der Waals surface area contributed by atoms with Crippen molar-refractivity contribution < 1.29 is 14.7 Å². The fourth-order valence-electron chi connectivity index (χ4n) is 1.35. The van der Waals surface area contributed by atoms with Crippen molar-refractivity contribution in [1.29, 1.82) is 0 Å². The van der Waals surface area contributed by atoms with E-state index in [0.29, 0.717) is 5.69 Å². The maximum absolute atomic E-state index is 11.5. The van der Waals surface area contributed by atoms with Crippen molar-refractivity contribution >= 4 is 23.4 Å². The lowest BCUT2D eigenvalue weighted by Gasteiger charge is -2.13. The van der Waals surface area contributed by atoms with Crippen LogP contribution in [-0.2, 0) is 4.79 Å². The maximum Gasteiger partial charge on any atom is 0.319 e. The van der Waals surface area contributed by atoms with Crippen LogP contribution in [-0.4, -0.2) is 37.7 Å². The van der Waals surface area contributed by atoms with Crippen LogP contribution < -0.4 is 15.5 Å². The van der Waals surface area contributed by atoms with Gasteiger partial charge in [0.1, 0.15) is 0 Å². The van der Waals surface area contributed by atoms with Gasteiger partial charge in [-0.3, -0.25) is 4.79 Å². The number of hydrogen-bond acceptors (Lipinski definition) is 3. The van der Waals surface area contributed by atoms with Crippen LogP contribution in [0.25, 0.3) is 0 Å². The van der Waals surface area contributed by atoms with Crippen molar-refractivity contribution in [2.75, 3.05) is 30.9 Å². The maximum atomic E-state index is 11.5. The molecule has 1 aromatic rings. The zero-order valence-corrected chi connectivity index (χ0v) is 11.3. The lowest BCUT2D eigenvalue weighted by atomic mass is 10.2. The third-order valence-electron chi connectivity index (χ3n) is 2.63. The second-order valence-corrected chi connectivity index (χ2v) is 4.52. The first kappa shape index (κ1) is 14.8. The van der Waals surface area contributed by atoms with Crippen LogP contribution in [0.5, 0.6) is 0 Å². The Bertz CT molecular complexity index is 443. The summed E-state index contributed by atoms with van der Waals surface area (Å²) in [5.74, 6) is -1.54. The van der Waals surface area contributed by atoms with E-state index >= 15 is 0 Å². The number of carbonyl (C=O) groups excluding carboxylic acids is 1. The SMILES string of the molecule is CC(CNC(=O)Nc1ccc(N(C)C)cc1)C(=O)O. The Morgan fingerprint density at radius 3 is 2.32 bits per heavy atom. The van der Waals surface area contributed by atoms with E-state index in [9.17, 15) is 9.59 Å². The van der Waals surface area contributed by atoms with Crippen LogP contribution in [0, 0.1) is 5.92 Å². The van der Waals surface area contributed by atoms with Gasteiger partial charge in [0.05, 0.1) is 5.92 Å². The molecule has 2 amide bonds. The molecule has 104 valence electrons. The largest absolute Gasteiger partial charge is 0.481 e. The van der Waals surface area contributed by atoms with E-state index in [2.05, 4.69) is 10.6 Å². The molecule has 6 nitrogen and oxygen atoms in total.